The van der Waals surface area contributed by atoms with Crippen molar-refractivity contribution in [2.45, 2.75) is 18.5 Å². The van der Waals surface area contributed by atoms with Crippen LogP contribution in [0.15, 0.2) is 28.7 Å². The van der Waals surface area contributed by atoms with Crippen molar-refractivity contribution < 1.29 is 17.6 Å². The maximum Gasteiger partial charge on any atom is 0.418 e. The Balaban J connectivity index is 2.28. The first-order valence-electron chi connectivity index (χ1n) is 5.28. The molecule has 0 spiro atoms. The van der Waals surface area contributed by atoms with Crippen LogP contribution in [0.5, 0.6) is 0 Å². The summed E-state index contributed by atoms with van der Waals surface area (Å²) in [4.78, 5) is 0. The molecule has 2 aromatic rings. The SMILES string of the molecule is CC(Cl)c1nnc(Nc2ccccc2C(F)(F)F)o1. The van der Waals surface area contributed by atoms with Gasteiger partial charge in [0.25, 0.3) is 0 Å². The van der Waals surface area contributed by atoms with E-state index in [2.05, 4.69) is 15.5 Å². The molecule has 0 aliphatic carbocycles. The highest BCUT2D eigenvalue weighted by molar-refractivity contribution is 6.20. The number of anilines is 2. The van der Waals surface area contributed by atoms with Crippen LogP contribution in [-0.4, -0.2) is 10.2 Å². The highest BCUT2D eigenvalue weighted by atomic mass is 35.5. The minimum Gasteiger partial charge on any atom is -0.406 e. The highest BCUT2D eigenvalue weighted by Crippen LogP contribution is 2.35. The second-order valence-corrected chi connectivity index (χ2v) is 4.38. The molecular weight excluding hydrogens is 283 g/mol. The Bertz CT molecular complexity index is 568. The Morgan fingerprint density at radius 1 is 1.26 bits per heavy atom. The number of rotatable bonds is 3. The summed E-state index contributed by atoms with van der Waals surface area (Å²) in [5, 5.41) is 9.11. The Labute approximate surface area is 111 Å². The van der Waals surface area contributed by atoms with Crippen LogP contribution >= 0.6 is 11.6 Å². The minimum absolute atomic E-state index is 0.133. The van der Waals surface area contributed by atoms with Crippen LogP contribution in [0.25, 0.3) is 0 Å². The van der Waals surface area contributed by atoms with Gasteiger partial charge in [0.2, 0.25) is 5.89 Å². The third-order valence-electron chi connectivity index (χ3n) is 2.25. The molecule has 1 unspecified atom stereocenters. The topological polar surface area (TPSA) is 51.0 Å². The van der Waals surface area contributed by atoms with Crippen molar-refractivity contribution in [3.05, 3.63) is 35.7 Å². The summed E-state index contributed by atoms with van der Waals surface area (Å²) in [6, 6.07) is 4.87. The molecule has 102 valence electrons. The molecule has 1 aromatic heterocycles. The molecule has 0 aliphatic heterocycles. The summed E-state index contributed by atoms with van der Waals surface area (Å²) in [5.74, 6) is 0.133. The average molecular weight is 292 g/mol. The Kier molecular flexibility index (Phi) is 3.66. The van der Waals surface area contributed by atoms with E-state index in [1.54, 1.807) is 6.92 Å². The smallest absolute Gasteiger partial charge is 0.406 e. The van der Waals surface area contributed by atoms with Crippen molar-refractivity contribution in [2.75, 3.05) is 5.32 Å². The lowest BCUT2D eigenvalue weighted by atomic mass is 10.2. The van der Waals surface area contributed by atoms with E-state index in [1.807, 2.05) is 0 Å². The number of hydrogen-bond donors (Lipinski definition) is 1. The fourth-order valence-corrected chi connectivity index (χ4v) is 1.49. The van der Waals surface area contributed by atoms with Gasteiger partial charge < -0.3 is 9.73 Å². The van der Waals surface area contributed by atoms with Crippen LogP contribution in [0.4, 0.5) is 24.9 Å². The van der Waals surface area contributed by atoms with Gasteiger partial charge in [-0.2, -0.15) is 13.2 Å². The fourth-order valence-electron chi connectivity index (χ4n) is 1.40. The fraction of sp³-hybridized carbons (Fsp3) is 0.273. The predicted molar refractivity (Wildman–Crippen MR) is 63.3 cm³/mol. The molecule has 1 atom stereocenters. The van der Waals surface area contributed by atoms with Gasteiger partial charge in [-0.15, -0.1) is 16.7 Å². The second kappa shape index (κ2) is 5.08. The van der Waals surface area contributed by atoms with Crippen molar-refractivity contribution >= 4 is 23.3 Å². The molecule has 0 fully saturated rings. The third-order valence-corrected chi connectivity index (χ3v) is 2.44. The van der Waals surface area contributed by atoms with Gasteiger partial charge >= 0.3 is 12.2 Å². The highest BCUT2D eigenvalue weighted by Gasteiger charge is 2.33. The first-order chi connectivity index (χ1) is 8.88. The van der Waals surface area contributed by atoms with Crippen molar-refractivity contribution in [2.24, 2.45) is 0 Å². The largest absolute Gasteiger partial charge is 0.418 e. The van der Waals surface area contributed by atoms with E-state index in [0.29, 0.717) is 0 Å². The second-order valence-electron chi connectivity index (χ2n) is 3.73. The lowest BCUT2D eigenvalue weighted by Crippen LogP contribution is -2.08. The van der Waals surface area contributed by atoms with E-state index in [-0.39, 0.29) is 17.6 Å². The zero-order valence-corrected chi connectivity index (χ0v) is 10.5. The zero-order chi connectivity index (χ0) is 14.0. The van der Waals surface area contributed by atoms with Crippen LogP contribution in [0.1, 0.15) is 23.8 Å². The first kappa shape index (κ1) is 13.7. The standard InChI is InChI=1S/C11H9ClF3N3O/c1-6(12)9-17-18-10(19-9)16-8-5-3-2-4-7(8)11(13,14)15/h2-6H,1H3,(H,16,18). The quantitative estimate of drug-likeness (QED) is 0.864. The molecular formula is C11H9ClF3N3O. The van der Waals surface area contributed by atoms with E-state index in [9.17, 15) is 13.2 Å². The van der Waals surface area contributed by atoms with Crippen LogP contribution in [0.2, 0.25) is 0 Å². The van der Waals surface area contributed by atoms with Gasteiger partial charge in [-0.05, 0) is 19.1 Å². The molecule has 0 bridgehead atoms. The Morgan fingerprint density at radius 3 is 2.53 bits per heavy atom. The molecule has 0 saturated carbocycles. The van der Waals surface area contributed by atoms with Gasteiger partial charge in [0, 0.05) is 0 Å². The van der Waals surface area contributed by atoms with E-state index < -0.39 is 17.1 Å². The van der Waals surface area contributed by atoms with Crippen molar-refractivity contribution in [3.8, 4) is 0 Å². The number of benzene rings is 1. The molecule has 8 heteroatoms. The lowest BCUT2D eigenvalue weighted by molar-refractivity contribution is -0.136. The lowest BCUT2D eigenvalue weighted by Gasteiger charge is -2.11. The number of hydrogen-bond acceptors (Lipinski definition) is 4. The van der Waals surface area contributed by atoms with Crippen LogP contribution in [0, 0.1) is 0 Å². The maximum absolute atomic E-state index is 12.8. The van der Waals surface area contributed by atoms with Crippen LogP contribution in [0.3, 0.4) is 0 Å². The normalized spacial score (nSPS) is 13.3. The van der Waals surface area contributed by atoms with E-state index >= 15 is 0 Å². The average Bonchev–Trinajstić information content (AvgIpc) is 2.77. The predicted octanol–water partition coefficient (Wildman–Crippen LogP) is 4.13. The molecule has 0 radical (unpaired) electrons. The molecule has 2 rings (SSSR count). The zero-order valence-electron chi connectivity index (χ0n) is 9.70. The summed E-state index contributed by atoms with van der Waals surface area (Å²) in [7, 11) is 0. The summed E-state index contributed by atoms with van der Waals surface area (Å²) in [5.41, 5.74) is -0.971. The van der Waals surface area contributed by atoms with E-state index in [0.717, 1.165) is 6.07 Å². The van der Waals surface area contributed by atoms with Crippen molar-refractivity contribution in [1.29, 1.82) is 0 Å². The van der Waals surface area contributed by atoms with Crippen LogP contribution < -0.4 is 5.32 Å². The Morgan fingerprint density at radius 2 is 1.95 bits per heavy atom. The first-order valence-corrected chi connectivity index (χ1v) is 5.72. The summed E-state index contributed by atoms with van der Waals surface area (Å²) in [6.45, 7) is 1.61. The molecule has 1 heterocycles. The number of aromatic nitrogens is 2. The van der Waals surface area contributed by atoms with Gasteiger partial charge in [0.1, 0.15) is 5.38 Å². The minimum atomic E-state index is -4.47. The third kappa shape index (κ3) is 3.17. The molecule has 0 saturated heterocycles. The number of para-hydroxylation sites is 1. The Hall–Kier alpha value is -1.76. The van der Waals surface area contributed by atoms with E-state index in [4.69, 9.17) is 16.0 Å². The molecule has 4 nitrogen and oxygen atoms in total. The van der Waals surface area contributed by atoms with E-state index in [1.165, 1.54) is 18.2 Å². The van der Waals surface area contributed by atoms with Gasteiger partial charge in [-0.25, -0.2) is 0 Å². The summed E-state index contributed by atoms with van der Waals surface area (Å²) >= 11 is 5.72. The number of nitrogens with one attached hydrogen (secondary N) is 1. The monoisotopic (exact) mass is 291 g/mol. The molecule has 1 N–H and O–H groups in total. The summed E-state index contributed by atoms with van der Waals surface area (Å²) in [6.07, 6.45) is -4.47. The molecule has 0 aliphatic rings. The van der Waals surface area contributed by atoms with Crippen molar-refractivity contribution in [3.63, 3.8) is 0 Å². The van der Waals surface area contributed by atoms with Crippen molar-refractivity contribution in [1.82, 2.24) is 10.2 Å². The van der Waals surface area contributed by atoms with Crippen LogP contribution in [-0.2, 0) is 6.18 Å². The number of nitrogens with zero attached hydrogens (tertiary/aromatic N) is 2. The molecule has 19 heavy (non-hydrogen) atoms. The number of alkyl halides is 4. The maximum atomic E-state index is 12.8. The molecule has 0 amide bonds. The van der Waals surface area contributed by atoms with Gasteiger partial charge in [-0.3, -0.25) is 0 Å². The summed E-state index contributed by atoms with van der Waals surface area (Å²) < 4.78 is 43.4. The number of halogens is 4. The van der Waals surface area contributed by atoms with Gasteiger partial charge in [-0.1, -0.05) is 17.2 Å². The van der Waals surface area contributed by atoms with Gasteiger partial charge in [0.15, 0.2) is 0 Å². The van der Waals surface area contributed by atoms with Gasteiger partial charge in [0.05, 0.1) is 11.3 Å². The molecule has 1 aromatic carbocycles.